The van der Waals surface area contributed by atoms with E-state index in [0.29, 0.717) is 18.0 Å². The first-order valence-corrected chi connectivity index (χ1v) is 5.42. The molecule has 0 aliphatic rings. The van der Waals surface area contributed by atoms with E-state index in [-0.39, 0.29) is 18.2 Å². The predicted octanol–water partition coefficient (Wildman–Crippen LogP) is 3.81. The van der Waals surface area contributed by atoms with E-state index in [0.717, 1.165) is 11.1 Å². The summed E-state index contributed by atoms with van der Waals surface area (Å²) in [5, 5.41) is 0. The van der Waals surface area contributed by atoms with Gasteiger partial charge in [-0.05, 0) is 42.3 Å². The van der Waals surface area contributed by atoms with E-state index in [1.807, 2.05) is 25.1 Å². The highest BCUT2D eigenvalue weighted by Crippen LogP contribution is 2.24. The Labute approximate surface area is 112 Å². The molecule has 4 heteroatoms. The summed E-state index contributed by atoms with van der Waals surface area (Å²) < 4.78 is 18.5. The van der Waals surface area contributed by atoms with Crippen molar-refractivity contribution in [2.24, 2.45) is 5.73 Å². The van der Waals surface area contributed by atoms with Crippen LogP contribution in [0.1, 0.15) is 11.1 Å². The zero-order valence-corrected chi connectivity index (χ0v) is 10.8. The van der Waals surface area contributed by atoms with E-state index in [1.165, 1.54) is 12.1 Å². The molecule has 0 saturated heterocycles. The van der Waals surface area contributed by atoms with Crippen LogP contribution in [0.4, 0.5) is 4.39 Å². The average molecular weight is 268 g/mol. The second-order valence-electron chi connectivity index (χ2n) is 3.85. The number of ether oxygens (including phenoxy) is 1. The maximum atomic E-state index is 13.0. The van der Waals surface area contributed by atoms with E-state index in [1.54, 1.807) is 12.1 Å². The standard InChI is InChI=1S/C14H14FNO.ClH/c1-10-7-14(6-5-11(10)9-16)17-13-4-2-3-12(15)8-13;/h2-8H,9,16H2,1H3;1H. The SMILES string of the molecule is Cc1cc(Oc2cccc(F)c2)ccc1CN.Cl. The molecule has 2 nitrogen and oxygen atoms in total. The molecule has 0 aromatic heterocycles. The number of aryl methyl sites for hydroxylation is 1. The van der Waals surface area contributed by atoms with Crippen LogP contribution >= 0.6 is 12.4 Å². The van der Waals surface area contributed by atoms with Crippen molar-refractivity contribution in [3.63, 3.8) is 0 Å². The minimum atomic E-state index is -0.308. The largest absolute Gasteiger partial charge is 0.457 e. The van der Waals surface area contributed by atoms with E-state index in [4.69, 9.17) is 10.5 Å². The zero-order chi connectivity index (χ0) is 12.3. The first-order valence-electron chi connectivity index (χ1n) is 5.42. The molecule has 0 aliphatic carbocycles. The smallest absolute Gasteiger partial charge is 0.130 e. The number of nitrogens with two attached hydrogens (primary N) is 1. The van der Waals surface area contributed by atoms with Gasteiger partial charge in [0, 0.05) is 12.6 Å². The van der Waals surface area contributed by atoms with Crippen LogP contribution in [-0.4, -0.2) is 0 Å². The Kier molecular flexibility index (Phi) is 5.13. The molecule has 0 unspecified atom stereocenters. The molecule has 0 aliphatic heterocycles. The average Bonchev–Trinajstić information content (AvgIpc) is 2.29. The number of halogens is 2. The van der Waals surface area contributed by atoms with Gasteiger partial charge in [-0.25, -0.2) is 4.39 Å². The van der Waals surface area contributed by atoms with Gasteiger partial charge in [0.1, 0.15) is 17.3 Å². The lowest BCUT2D eigenvalue weighted by molar-refractivity contribution is 0.476. The quantitative estimate of drug-likeness (QED) is 0.918. The summed E-state index contributed by atoms with van der Waals surface area (Å²) in [6.45, 7) is 2.48. The van der Waals surface area contributed by atoms with Crippen LogP contribution in [0.2, 0.25) is 0 Å². The van der Waals surface area contributed by atoms with Gasteiger partial charge in [0.15, 0.2) is 0 Å². The molecule has 0 heterocycles. The molecule has 2 N–H and O–H groups in total. The van der Waals surface area contributed by atoms with E-state index in [2.05, 4.69) is 0 Å². The molecule has 0 radical (unpaired) electrons. The van der Waals surface area contributed by atoms with Crippen LogP contribution in [0.5, 0.6) is 11.5 Å². The van der Waals surface area contributed by atoms with E-state index in [9.17, 15) is 4.39 Å². The fourth-order valence-electron chi connectivity index (χ4n) is 1.63. The predicted molar refractivity (Wildman–Crippen MR) is 72.8 cm³/mol. The lowest BCUT2D eigenvalue weighted by Crippen LogP contribution is -1.98. The molecule has 2 aromatic rings. The third-order valence-corrected chi connectivity index (χ3v) is 2.57. The highest BCUT2D eigenvalue weighted by molar-refractivity contribution is 5.85. The third kappa shape index (κ3) is 3.45. The fourth-order valence-corrected chi connectivity index (χ4v) is 1.63. The van der Waals surface area contributed by atoms with Gasteiger partial charge in [-0.1, -0.05) is 12.1 Å². The molecule has 0 bridgehead atoms. The molecule has 96 valence electrons. The van der Waals surface area contributed by atoms with Gasteiger partial charge in [0.05, 0.1) is 0 Å². The van der Waals surface area contributed by atoms with Crippen molar-refractivity contribution < 1.29 is 9.13 Å². The highest BCUT2D eigenvalue weighted by atomic mass is 35.5. The van der Waals surface area contributed by atoms with Crippen molar-refractivity contribution in [2.45, 2.75) is 13.5 Å². The Morgan fingerprint density at radius 2 is 1.83 bits per heavy atom. The Morgan fingerprint density at radius 1 is 1.11 bits per heavy atom. The first-order chi connectivity index (χ1) is 8.19. The van der Waals surface area contributed by atoms with Crippen molar-refractivity contribution in [1.82, 2.24) is 0 Å². The van der Waals surface area contributed by atoms with Crippen LogP contribution in [0.15, 0.2) is 42.5 Å². The molecular weight excluding hydrogens is 253 g/mol. The second-order valence-corrected chi connectivity index (χ2v) is 3.85. The van der Waals surface area contributed by atoms with Gasteiger partial charge >= 0.3 is 0 Å². The summed E-state index contributed by atoms with van der Waals surface area (Å²) in [6.07, 6.45) is 0. The Hall–Kier alpha value is -1.58. The summed E-state index contributed by atoms with van der Waals surface area (Å²) in [5.74, 6) is 0.869. The van der Waals surface area contributed by atoms with Crippen LogP contribution in [0, 0.1) is 12.7 Å². The van der Waals surface area contributed by atoms with E-state index >= 15 is 0 Å². The normalized spacial score (nSPS) is 9.72. The maximum Gasteiger partial charge on any atom is 0.130 e. The molecule has 2 rings (SSSR count). The molecular formula is C14H15ClFNO. The Morgan fingerprint density at radius 3 is 2.44 bits per heavy atom. The van der Waals surface area contributed by atoms with Crippen LogP contribution in [0.25, 0.3) is 0 Å². The molecule has 0 atom stereocenters. The van der Waals surface area contributed by atoms with Crippen molar-refractivity contribution in [3.05, 3.63) is 59.4 Å². The van der Waals surface area contributed by atoms with Crippen molar-refractivity contribution in [1.29, 1.82) is 0 Å². The molecule has 0 saturated carbocycles. The van der Waals surface area contributed by atoms with Crippen molar-refractivity contribution in [3.8, 4) is 11.5 Å². The fraction of sp³-hybridized carbons (Fsp3) is 0.143. The van der Waals surface area contributed by atoms with Gasteiger partial charge in [0.25, 0.3) is 0 Å². The van der Waals surface area contributed by atoms with Crippen LogP contribution < -0.4 is 10.5 Å². The van der Waals surface area contributed by atoms with Gasteiger partial charge in [-0.3, -0.25) is 0 Å². The van der Waals surface area contributed by atoms with Gasteiger partial charge in [-0.2, -0.15) is 0 Å². The van der Waals surface area contributed by atoms with Crippen molar-refractivity contribution >= 4 is 12.4 Å². The molecule has 0 amide bonds. The lowest BCUT2D eigenvalue weighted by Gasteiger charge is -2.08. The lowest BCUT2D eigenvalue weighted by atomic mass is 10.1. The molecule has 0 fully saturated rings. The topological polar surface area (TPSA) is 35.2 Å². The van der Waals surface area contributed by atoms with E-state index < -0.39 is 0 Å². The summed E-state index contributed by atoms with van der Waals surface area (Å²) in [5.41, 5.74) is 7.73. The molecule has 18 heavy (non-hydrogen) atoms. The molecule has 2 aromatic carbocycles. The number of benzene rings is 2. The monoisotopic (exact) mass is 267 g/mol. The zero-order valence-electron chi connectivity index (χ0n) is 10.0. The van der Waals surface area contributed by atoms with Crippen LogP contribution in [0.3, 0.4) is 0 Å². The highest BCUT2D eigenvalue weighted by Gasteiger charge is 2.01. The molecule has 0 spiro atoms. The summed E-state index contributed by atoms with van der Waals surface area (Å²) >= 11 is 0. The summed E-state index contributed by atoms with van der Waals surface area (Å²) in [6, 6.07) is 11.7. The van der Waals surface area contributed by atoms with Gasteiger partial charge in [0.2, 0.25) is 0 Å². The van der Waals surface area contributed by atoms with Crippen LogP contribution in [-0.2, 0) is 6.54 Å². The minimum Gasteiger partial charge on any atom is -0.457 e. The van der Waals surface area contributed by atoms with Crippen molar-refractivity contribution in [2.75, 3.05) is 0 Å². The van der Waals surface area contributed by atoms with Gasteiger partial charge < -0.3 is 10.5 Å². The summed E-state index contributed by atoms with van der Waals surface area (Å²) in [4.78, 5) is 0. The third-order valence-electron chi connectivity index (χ3n) is 2.57. The Bertz CT molecular complexity index is 531. The maximum absolute atomic E-state index is 13.0. The number of hydrogen-bond donors (Lipinski definition) is 1. The number of hydrogen-bond acceptors (Lipinski definition) is 2. The first kappa shape index (κ1) is 14.5. The van der Waals surface area contributed by atoms with Gasteiger partial charge in [-0.15, -0.1) is 12.4 Å². The Balaban J connectivity index is 0.00000162. The minimum absolute atomic E-state index is 0. The number of rotatable bonds is 3. The summed E-state index contributed by atoms with van der Waals surface area (Å²) in [7, 11) is 0. The second kappa shape index (κ2) is 6.38.